The maximum Gasteiger partial charge on any atom is 0.338 e. The van der Waals surface area contributed by atoms with Crippen LogP contribution < -0.4 is 5.32 Å². The van der Waals surface area contributed by atoms with Crippen LogP contribution in [-0.2, 0) is 4.74 Å². The molecule has 4 aromatic rings. The van der Waals surface area contributed by atoms with E-state index >= 15 is 0 Å². The number of nitrogens with zero attached hydrogens (tertiary/aromatic N) is 2. The van der Waals surface area contributed by atoms with Crippen molar-refractivity contribution in [3.05, 3.63) is 70.3 Å². The molecule has 0 unspecified atom stereocenters. The molecule has 0 spiro atoms. The summed E-state index contributed by atoms with van der Waals surface area (Å²) in [5, 5.41) is 6.39. The van der Waals surface area contributed by atoms with E-state index in [1.54, 1.807) is 29.8 Å². The Balaban J connectivity index is 0.00000256. The predicted octanol–water partition coefficient (Wildman–Crippen LogP) is 6.85. The summed E-state index contributed by atoms with van der Waals surface area (Å²) in [6.07, 6.45) is 2.34. The van der Waals surface area contributed by atoms with Crippen molar-refractivity contribution in [2.45, 2.75) is 13.3 Å². The van der Waals surface area contributed by atoms with Gasteiger partial charge in [0.25, 0.3) is 0 Å². The molecule has 154 valence electrons. The van der Waals surface area contributed by atoms with Gasteiger partial charge in [0.1, 0.15) is 17.0 Å². The number of nitrogens with one attached hydrogen (secondary N) is 1. The number of fused-ring (bicyclic) bond motifs is 1. The fourth-order valence-corrected chi connectivity index (χ4v) is 4.13. The Bertz CT molecular complexity index is 1160. The zero-order valence-electron chi connectivity index (χ0n) is 16.1. The Morgan fingerprint density at radius 2 is 1.97 bits per heavy atom. The Labute approximate surface area is 193 Å². The van der Waals surface area contributed by atoms with Gasteiger partial charge in [0.15, 0.2) is 0 Å². The molecule has 0 saturated carbocycles. The van der Waals surface area contributed by atoms with E-state index in [1.165, 1.54) is 0 Å². The molecule has 0 aliphatic carbocycles. The Morgan fingerprint density at radius 3 is 2.73 bits per heavy atom. The quantitative estimate of drug-likeness (QED) is 0.291. The van der Waals surface area contributed by atoms with Gasteiger partial charge in [-0.1, -0.05) is 41.1 Å². The minimum absolute atomic E-state index is 0. The number of thiophene rings is 1. The van der Waals surface area contributed by atoms with Crippen LogP contribution in [0.3, 0.4) is 0 Å². The van der Waals surface area contributed by atoms with E-state index in [1.807, 2.05) is 31.2 Å². The highest BCUT2D eigenvalue weighted by Crippen LogP contribution is 2.37. The second-order valence-electron chi connectivity index (χ2n) is 6.40. The lowest BCUT2D eigenvalue weighted by atomic mass is 10.1. The summed E-state index contributed by atoms with van der Waals surface area (Å²) in [5.41, 5.74) is 3.43. The van der Waals surface area contributed by atoms with Gasteiger partial charge in [-0.3, -0.25) is 0 Å². The van der Waals surface area contributed by atoms with Crippen LogP contribution in [0.25, 0.3) is 21.3 Å². The first-order valence-electron chi connectivity index (χ1n) is 9.18. The highest BCUT2D eigenvalue weighted by molar-refractivity contribution is 9.10. The SMILES string of the molecule is CCCOC(=O)c1cccc(Nc2ncnc3scc(-c4ccc(Br)cc4)c23)c1.Cl. The van der Waals surface area contributed by atoms with Crippen LogP contribution in [0.15, 0.2) is 64.7 Å². The first kappa shape index (κ1) is 22.2. The molecule has 2 aromatic carbocycles. The molecule has 0 fully saturated rings. The van der Waals surface area contributed by atoms with Gasteiger partial charge in [0.2, 0.25) is 0 Å². The van der Waals surface area contributed by atoms with E-state index in [9.17, 15) is 4.79 Å². The molecular weight excluding hydrogens is 486 g/mol. The number of hydrogen-bond donors (Lipinski definition) is 1. The Hall–Kier alpha value is -2.48. The van der Waals surface area contributed by atoms with Gasteiger partial charge in [0, 0.05) is 21.1 Å². The van der Waals surface area contributed by atoms with Crippen molar-refractivity contribution in [3.63, 3.8) is 0 Å². The summed E-state index contributed by atoms with van der Waals surface area (Å²) >= 11 is 5.06. The number of esters is 1. The monoisotopic (exact) mass is 503 g/mol. The van der Waals surface area contributed by atoms with E-state index in [0.29, 0.717) is 18.0 Å². The van der Waals surface area contributed by atoms with Gasteiger partial charge in [-0.15, -0.1) is 23.7 Å². The van der Waals surface area contributed by atoms with Crippen molar-refractivity contribution in [3.8, 4) is 11.1 Å². The lowest BCUT2D eigenvalue weighted by Crippen LogP contribution is -2.06. The third-order valence-corrected chi connectivity index (χ3v) is 5.74. The third kappa shape index (κ3) is 4.80. The first-order chi connectivity index (χ1) is 14.2. The number of ether oxygens (including phenoxy) is 1. The molecule has 0 saturated heterocycles. The molecule has 0 atom stereocenters. The number of rotatable bonds is 6. The molecule has 0 amide bonds. The zero-order chi connectivity index (χ0) is 20.2. The van der Waals surface area contributed by atoms with Gasteiger partial charge >= 0.3 is 5.97 Å². The number of halogens is 2. The number of carbonyl (C=O) groups excluding carboxylic acids is 1. The van der Waals surface area contributed by atoms with E-state index in [4.69, 9.17) is 4.74 Å². The smallest absolute Gasteiger partial charge is 0.338 e. The summed E-state index contributed by atoms with van der Waals surface area (Å²) in [7, 11) is 0. The summed E-state index contributed by atoms with van der Waals surface area (Å²) in [6, 6.07) is 15.4. The molecule has 0 radical (unpaired) electrons. The molecule has 4 rings (SSSR count). The largest absolute Gasteiger partial charge is 0.462 e. The minimum Gasteiger partial charge on any atom is -0.462 e. The van der Waals surface area contributed by atoms with Gasteiger partial charge in [-0.25, -0.2) is 14.8 Å². The third-order valence-electron chi connectivity index (χ3n) is 4.32. The molecule has 1 N–H and O–H groups in total. The van der Waals surface area contributed by atoms with Crippen LogP contribution in [0.2, 0.25) is 0 Å². The van der Waals surface area contributed by atoms with E-state index in [-0.39, 0.29) is 18.4 Å². The summed E-state index contributed by atoms with van der Waals surface area (Å²) in [5.74, 6) is 0.377. The predicted molar refractivity (Wildman–Crippen MR) is 128 cm³/mol. The molecule has 0 bridgehead atoms. The molecule has 8 heteroatoms. The fourth-order valence-electron chi connectivity index (χ4n) is 2.95. The van der Waals surface area contributed by atoms with Gasteiger partial charge < -0.3 is 10.1 Å². The molecule has 5 nitrogen and oxygen atoms in total. The van der Waals surface area contributed by atoms with Crippen molar-refractivity contribution in [2.24, 2.45) is 0 Å². The standard InChI is InChI=1S/C22H18BrN3O2S.ClH/c1-2-10-28-22(27)15-4-3-5-17(11-15)26-20-19-18(12-29-21(19)25-13-24-20)14-6-8-16(23)9-7-14;/h3-9,11-13H,2,10H2,1H3,(H,24,25,26);1H. The lowest BCUT2D eigenvalue weighted by molar-refractivity contribution is 0.0505. The van der Waals surface area contributed by atoms with Crippen LogP contribution in [0.1, 0.15) is 23.7 Å². The van der Waals surface area contributed by atoms with Gasteiger partial charge in [-0.2, -0.15) is 0 Å². The highest BCUT2D eigenvalue weighted by Gasteiger charge is 2.14. The fraction of sp³-hybridized carbons (Fsp3) is 0.136. The minimum atomic E-state index is -0.325. The number of aromatic nitrogens is 2. The van der Waals surface area contributed by atoms with Crippen LogP contribution in [-0.4, -0.2) is 22.5 Å². The number of anilines is 2. The molecular formula is C22H19BrClN3O2S. The Morgan fingerprint density at radius 1 is 1.17 bits per heavy atom. The summed E-state index contributed by atoms with van der Waals surface area (Å²) in [4.78, 5) is 21.9. The van der Waals surface area contributed by atoms with Crippen LogP contribution in [0, 0.1) is 0 Å². The zero-order valence-corrected chi connectivity index (χ0v) is 19.3. The second kappa shape index (κ2) is 10.0. The maximum atomic E-state index is 12.2. The van der Waals surface area contributed by atoms with Gasteiger partial charge in [-0.05, 0) is 42.3 Å². The van der Waals surface area contributed by atoms with E-state index in [2.05, 4.69) is 48.7 Å². The van der Waals surface area contributed by atoms with Crippen molar-refractivity contribution in [1.82, 2.24) is 9.97 Å². The maximum absolute atomic E-state index is 12.2. The van der Waals surface area contributed by atoms with Crippen molar-refractivity contribution in [2.75, 3.05) is 11.9 Å². The summed E-state index contributed by atoms with van der Waals surface area (Å²) in [6.45, 7) is 2.38. The normalized spacial score (nSPS) is 10.5. The molecule has 2 heterocycles. The molecule has 2 aromatic heterocycles. The van der Waals surface area contributed by atoms with Crippen molar-refractivity contribution in [1.29, 1.82) is 0 Å². The topological polar surface area (TPSA) is 64.1 Å². The van der Waals surface area contributed by atoms with Crippen LogP contribution >= 0.6 is 39.7 Å². The lowest BCUT2D eigenvalue weighted by Gasteiger charge is -2.10. The number of benzene rings is 2. The number of hydrogen-bond acceptors (Lipinski definition) is 6. The average molecular weight is 505 g/mol. The molecule has 0 aliphatic heterocycles. The van der Waals surface area contributed by atoms with E-state index < -0.39 is 0 Å². The average Bonchev–Trinajstić information content (AvgIpc) is 3.18. The summed E-state index contributed by atoms with van der Waals surface area (Å²) < 4.78 is 6.26. The number of carbonyl (C=O) groups is 1. The van der Waals surface area contributed by atoms with E-state index in [0.717, 1.165) is 37.9 Å². The molecule has 30 heavy (non-hydrogen) atoms. The van der Waals surface area contributed by atoms with Crippen molar-refractivity contribution < 1.29 is 9.53 Å². The second-order valence-corrected chi connectivity index (χ2v) is 8.17. The molecule has 0 aliphatic rings. The van der Waals surface area contributed by atoms with Crippen LogP contribution in [0.4, 0.5) is 11.5 Å². The first-order valence-corrected chi connectivity index (χ1v) is 10.9. The van der Waals surface area contributed by atoms with Gasteiger partial charge in [0.05, 0.1) is 17.6 Å². The van der Waals surface area contributed by atoms with Crippen LogP contribution in [0.5, 0.6) is 0 Å². The van der Waals surface area contributed by atoms with Crippen molar-refractivity contribution >= 4 is 67.4 Å². The Kier molecular flexibility index (Phi) is 7.42. The highest BCUT2D eigenvalue weighted by atomic mass is 79.9.